The van der Waals surface area contributed by atoms with Gasteiger partial charge in [-0.15, -0.1) is 0 Å². The van der Waals surface area contributed by atoms with Crippen molar-refractivity contribution in [2.24, 2.45) is 5.41 Å². The summed E-state index contributed by atoms with van der Waals surface area (Å²) in [5.41, 5.74) is -0.416. The van der Waals surface area contributed by atoms with Crippen molar-refractivity contribution in [3.8, 4) is 6.07 Å². The Labute approximate surface area is 163 Å². The fourth-order valence-corrected chi connectivity index (χ4v) is 6.05. The van der Waals surface area contributed by atoms with Crippen LogP contribution in [0, 0.1) is 16.7 Å². The standard InChI is InChI=1S/C19H17Cl2NO3S/c1-2-25-12-19(11-22)17(13-4-3-5-15(21)10-13)18(19)26(23,24)16-8-6-14(20)7-9-16/h3-10,17-18H,2,12H2,1H3/t17-,18+,19+/m0/s1. The monoisotopic (exact) mass is 409 g/mol. The van der Waals surface area contributed by atoms with E-state index in [-0.39, 0.29) is 11.5 Å². The maximum Gasteiger partial charge on any atom is 0.183 e. The topological polar surface area (TPSA) is 67.2 Å². The highest BCUT2D eigenvalue weighted by Gasteiger charge is 2.72. The first-order chi connectivity index (χ1) is 12.4. The molecule has 0 aliphatic heterocycles. The van der Waals surface area contributed by atoms with E-state index in [0.717, 1.165) is 5.56 Å². The molecule has 136 valence electrons. The average molecular weight is 410 g/mol. The molecule has 0 radical (unpaired) electrons. The summed E-state index contributed by atoms with van der Waals surface area (Å²) in [6.07, 6.45) is 0. The lowest BCUT2D eigenvalue weighted by molar-refractivity contribution is 0.117. The molecule has 3 rings (SSSR count). The van der Waals surface area contributed by atoms with E-state index in [2.05, 4.69) is 6.07 Å². The molecule has 1 fully saturated rings. The molecular formula is C19H17Cl2NO3S. The van der Waals surface area contributed by atoms with Crippen LogP contribution in [0.2, 0.25) is 10.0 Å². The molecule has 0 spiro atoms. The van der Waals surface area contributed by atoms with Crippen LogP contribution >= 0.6 is 23.2 Å². The molecule has 0 unspecified atom stereocenters. The molecule has 0 bridgehead atoms. The van der Waals surface area contributed by atoms with Gasteiger partial charge in [0.25, 0.3) is 0 Å². The second-order valence-corrected chi connectivity index (χ2v) is 9.18. The van der Waals surface area contributed by atoms with Crippen LogP contribution in [0.25, 0.3) is 0 Å². The average Bonchev–Trinajstić information content (AvgIpc) is 3.31. The lowest BCUT2D eigenvalue weighted by atomic mass is 10.0. The number of nitrogens with zero attached hydrogens (tertiary/aromatic N) is 1. The molecule has 4 nitrogen and oxygen atoms in total. The van der Waals surface area contributed by atoms with Crippen molar-refractivity contribution in [1.29, 1.82) is 5.26 Å². The predicted molar refractivity (Wildman–Crippen MR) is 101 cm³/mol. The summed E-state index contributed by atoms with van der Waals surface area (Å²) in [7, 11) is -3.75. The molecule has 26 heavy (non-hydrogen) atoms. The lowest BCUT2D eigenvalue weighted by Gasteiger charge is -2.10. The summed E-state index contributed by atoms with van der Waals surface area (Å²) in [6, 6.07) is 15.2. The van der Waals surface area contributed by atoms with Gasteiger partial charge in [0, 0.05) is 22.6 Å². The van der Waals surface area contributed by atoms with Gasteiger partial charge in [0.05, 0.1) is 22.8 Å². The van der Waals surface area contributed by atoms with Crippen LogP contribution in [0.5, 0.6) is 0 Å². The van der Waals surface area contributed by atoms with Gasteiger partial charge in [-0.2, -0.15) is 5.26 Å². The van der Waals surface area contributed by atoms with E-state index < -0.39 is 26.4 Å². The van der Waals surface area contributed by atoms with Crippen molar-refractivity contribution in [2.75, 3.05) is 13.2 Å². The van der Waals surface area contributed by atoms with E-state index in [0.29, 0.717) is 16.7 Å². The van der Waals surface area contributed by atoms with Crippen molar-refractivity contribution in [3.05, 3.63) is 64.1 Å². The maximum absolute atomic E-state index is 13.2. The molecule has 7 heteroatoms. The van der Waals surface area contributed by atoms with Gasteiger partial charge in [0.2, 0.25) is 0 Å². The molecule has 0 aromatic heterocycles. The molecule has 1 aliphatic rings. The van der Waals surface area contributed by atoms with Crippen LogP contribution in [0.3, 0.4) is 0 Å². The lowest BCUT2D eigenvalue weighted by Crippen LogP contribution is -2.19. The maximum atomic E-state index is 13.2. The number of hydrogen-bond donors (Lipinski definition) is 0. The Morgan fingerprint density at radius 2 is 1.85 bits per heavy atom. The zero-order valence-electron chi connectivity index (χ0n) is 14.0. The number of nitriles is 1. The Balaban J connectivity index is 2.07. The van der Waals surface area contributed by atoms with E-state index in [1.54, 1.807) is 24.3 Å². The first-order valence-corrected chi connectivity index (χ1v) is 10.4. The van der Waals surface area contributed by atoms with Crippen molar-refractivity contribution in [2.45, 2.75) is 23.0 Å². The molecule has 0 saturated heterocycles. The van der Waals surface area contributed by atoms with E-state index in [4.69, 9.17) is 27.9 Å². The summed E-state index contributed by atoms with van der Waals surface area (Å²) in [5.74, 6) is -0.501. The SMILES string of the molecule is CCOC[C@@]1(C#N)[C@H](S(=O)(=O)c2ccc(Cl)cc2)[C@@H]1c1cccc(Cl)c1. The summed E-state index contributed by atoms with van der Waals surface area (Å²) in [5, 5.41) is 9.91. The fourth-order valence-electron chi connectivity index (χ4n) is 3.41. The second kappa shape index (κ2) is 7.21. The minimum Gasteiger partial charge on any atom is -0.380 e. The van der Waals surface area contributed by atoms with Gasteiger partial charge in [-0.25, -0.2) is 8.42 Å². The van der Waals surface area contributed by atoms with Crippen molar-refractivity contribution < 1.29 is 13.2 Å². The molecule has 2 aromatic carbocycles. The highest BCUT2D eigenvalue weighted by atomic mass is 35.5. The minimum atomic E-state index is -3.75. The Hall–Kier alpha value is -1.58. The molecule has 2 aromatic rings. The predicted octanol–water partition coefficient (Wildman–Crippen LogP) is 4.48. The van der Waals surface area contributed by atoms with Crippen molar-refractivity contribution in [1.82, 2.24) is 0 Å². The van der Waals surface area contributed by atoms with Crippen LogP contribution in [0.1, 0.15) is 18.4 Å². The van der Waals surface area contributed by atoms with Crippen LogP contribution < -0.4 is 0 Å². The first kappa shape index (κ1) is 19.2. The van der Waals surface area contributed by atoms with E-state index in [9.17, 15) is 13.7 Å². The summed E-state index contributed by atoms with van der Waals surface area (Å²) >= 11 is 11.9. The first-order valence-electron chi connectivity index (χ1n) is 8.10. The summed E-state index contributed by atoms with van der Waals surface area (Å²) < 4.78 is 31.9. The molecule has 0 amide bonds. The second-order valence-electron chi connectivity index (χ2n) is 6.24. The van der Waals surface area contributed by atoms with Gasteiger partial charge in [0.15, 0.2) is 9.84 Å². The minimum absolute atomic E-state index is 0.0503. The summed E-state index contributed by atoms with van der Waals surface area (Å²) in [4.78, 5) is 0.146. The number of rotatable bonds is 6. The van der Waals surface area contributed by atoms with Crippen LogP contribution in [-0.4, -0.2) is 26.9 Å². The Morgan fingerprint density at radius 1 is 1.15 bits per heavy atom. The number of hydrogen-bond acceptors (Lipinski definition) is 4. The van der Waals surface area contributed by atoms with Crippen LogP contribution in [0.4, 0.5) is 0 Å². The molecular weight excluding hydrogens is 393 g/mol. The van der Waals surface area contributed by atoms with Crippen molar-refractivity contribution in [3.63, 3.8) is 0 Å². The number of sulfone groups is 1. The Bertz CT molecular complexity index is 953. The fraction of sp³-hybridized carbons (Fsp3) is 0.316. The normalized spacial score (nSPS) is 24.8. The summed E-state index contributed by atoms with van der Waals surface area (Å²) in [6.45, 7) is 2.26. The van der Waals surface area contributed by atoms with Gasteiger partial charge >= 0.3 is 0 Å². The van der Waals surface area contributed by atoms with Gasteiger partial charge in [-0.3, -0.25) is 0 Å². The van der Waals surface area contributed by atoms with Gasteiger partial charge in [0.1, 0.15) is 5.41 Å². The zero-order valence-corrected chi connectivity index (χ0v) is 16.4. The molecule has 0 heterocycles. The highest BCUT2D eigenvalue weighted by Crippen LogP contribution is 2.64. The van der Waals surface area contributed by atoms with Gasteiger partial charge in [-0.05, 0) is 48.9 Å². The molecule has 1 aliphatic carbocycles. The van der Waals surface area contributed by atoms with E-state index in [1.165, 1.54) is 24.3 Å². The third-order valence-corrected chi connectivity index (χ3v) is 7.47. The molecule has 3 atom stereocenters. The van der Waals surface area contributed by atoms with E-state index >= 15 is 0 Å². The highest BCUT2D eigenvalue weighted by molar-refractivity contribution is 7.92. The smallest absolute Gasteiger partial charge is 0.183 e. The zero-order chi connectivity index (χ0) is 18.9. The number of ether oxygens (including phenoxy) is 1. The van der Waals surface area contributed by atoms with Crippen LogP contribution in [0.15, 0.2) is 53.4 Å². The third-order valence-electron chi connectivity index (χ3n) is 4.69. The Kier molecular flexibility index (Phi) is 5.32. The van der Waals surface area contributed by atoms with Crippen LogP contribution in [-0.2, 0) is 14.6 Å². The third kappa shape index (κ3) is 3.23. The van der Waals surface area contributed by atoms with Gasteiger partial charge < -0.3 is 4.74 Å². The largest absolute Gasteiger partial charge is 0.380 e. The molecule has 1 saturated carbocycles. The van der Waals surface area contributed by atoms with Gasteiger partial charge in [-0.1, -0.05) is 35.3 Å². The molecule has 0 N–H and O–H groups in total. The van der Waals surface area contributed by atoms with E-state index in [1.807, 2.05) is 6.92 Å². The quantitative estimate of drug-likeness (QED) is 0.704. The van der Waals surface area contributed by atoms with Crippen molar-refractivity contribution >= 4 is 33.0 Å². The Morgan fingerprint density at radius 3 is 2.42 bits per heavy atom. The number of benzene rings is 2. The number of halogens is 2.